The first-order valence-electron chi connectivity index (χ1n) is 6.93. The third kappa shape index (κ3) is 4.51. The first kappa shape index (κ1) is 20.6. The summed E-state index contributed by atoms with van der Waals surface area (Å²) in [6, 6.07) is 7.07. The Hall–Kier alpha value is -2.76. The fourth-order valence-corrected chi connectivity index (χ4v) is 4.04. The van der Waals surface area contributed by atoms with Gasteiger partial charge in [-0.25, -0.2) is 8.42 Å². The molecule has 0 aliphatic heterocycles. The summed E-state index contributed by atoms with van der Waals surface area (Å²) >= 11 is 11.3. The number of carbonyl (C=O) groups excluding carboxylic acids is 1. The minimum Gasteiger partial charge on any atom is -0.279 e. The van der Waals surface area contributed by atoms with Crippen molar-refractivity contribution in [1.29, 1.82) is 0 Å². The molecule has 2 aromatic carbocycles. The highest BCUT2D eigenvalue weighted by Gasteiger charge is 2.30. The average molecular weight is 434 g/mol. The van der Waals surface area contributed by atoms with Crippen LogP contribution in [0, 0.1) is 20.2 Å². The molecule has 0 radical (unpaired) electrons. The topological polar surface area (TPSA) is 141 Å². The van der Waals surface area contributed by atoms with Gasteiger partial charge in [-0.2, -0.15) is 0 Å². The molecule has 0 bridgehead atoms. The Balaban J connectivity index is 2.68. The van der Waals surface area contributed by atoms with Gasteiger partial charge < -0.3 is 0 Å². The maximum absolute atomic E-state index is 12.9. The van der Waals surface area contributed by atoms with Crippen LogP contribution >= 0.6 is 23.2 Å². The van der Waals surface area contributed by atoms with E-state index in [2.05, 4.69) is 0 Å². The number of sulfonamides is 1. The van der Waals surface area contributed by atoms with E-state index >= 15 is 0 Å². The van der Waals surface area contributed by atoms with Crippen LogP contribution in [0.25, 0.3) is 0 Å². The molecule has 0 aliphatic carbocycles. The number of benzene rings is 2. The van der Waals surface area contributed by atoms with E-state index in [-0.39, 0.29) is 10.7 Å². The van der Waals surface area contributed by atoms with Gasteiger partial charge in [-0.05, 0) is 23.7 Å². The summed E-state index contributed by atoms with van der Waals surface area (Å²) in [5.41, 5.74) is -1.35. The van der Waals surface area contributed by atoms with Crippen molar-refractivity contribution in [2.24, 2.45) is 0 Å². The summed E-state index contributed by atoms with van der Waals surface area (Å²) < 4.78 is 26.3. The van der Waals surface area contributed by atoms with Crippen LogP contribution in [-0.2, 0) is 14.8 Å². The zero-order valence-corrected chi connectivity index (χ0v) is 15.4. The zero-order chi connectivity index (χ0) is 20.4. The lowest BCUT2D eigenvalue weighted by atomic mass is 10.3. The van der Waals surface area contributed by atoms with Crippen molar-refractivity contribution in [3.63, 3.8) is 0 Å². The third-order valence-electron chi connectivity index (χ3n) is 3.29. The molecule has 0 aliphatic rings. The van der Waals surface area contributed by atoms with Gasteiger partial charge in [-0.15, -0.1) is 0 Å². The number of non-ortho nitro benzene ring substituents is 2. The van der Waals surface area contributed by atoms with Crippen molar-refractivity contribution in [3.8, 4) is 0 Å². The second-order valence-corrected chi connectivity index (χ2v) is 7.71. The molecule has 0 unspecified atom stereocenters. The van der Waals surface area contributed by atoms with Gasteiger partial charge >= 0.3 is 0 Å². The Morgan fingerprint density at radius 3 is 2.19 bits per heavy atom. The highest BCUT2D eigenvalue weighted by atomic mass is 35.5. The van der Waals surface area contributed by atoms with Crippen LogP contribution in [0.15, 0.2) is 47.4 Å². The number of hydrogen-bond donors (Lipinski definition) is 0. The van der Waals surface area contributed by atoms with Gasteiger partial charge in [0.2, 0.25) is 5.24 Å². The molecule has 27 heavy (non-hydrogen) atoms. The highest BCUT2D eigenvalue weighted by molar-refractivity contribution is 7.92. The zero-order valence-electron chi connectivity index (χ0n) is 13.1. The van der Waals surface area contributed by atoms with E-state index in [0.717, 1.165) is 42.5 Å². The molecule has 0 N–H and O–H groups in total. The van der Waals surface area contributed by atoms with Gasteiger partial charge in [0, 0.05) is 24.3 Å². The van der Waals surface area contributed by atoms with Crippen molar-refractivity contribution in [1.82, 2.24) is 0 Å². The van der Waals surface area contributed by atoms with Crippen molar-refractivity contribution < 1.29 is 23.1 Å². The largest absolute Gasteiger partial charge is 0.279 e. The Bertz CT molecular complexity index is 1040. The van der Waals surface area contributed by atoms with Gasteiger partial charge in [0.1, 0.15) is 6.54 Å². The van der Waals surface area contributed by atoms with Gasteiger partial charge in [-0.3, -0.25) is 29.3 Å². The molecule has 0 spiro atoms. The number of rotatable bonds is 7. The normalized spacial score (nSPS) is 11.0. The second-order valence-electron chi connectivity index (χ2n) is 5.01. The quantitative estimate of drug-likeness (QED) is 0.370. The summed E-state index contributed by atoms with van der Waals surface area (Å²) in [4.78, 5) is 31.2. The van der Waals surface area contributed by atoms with Crippen molar-refractivity contribution >= 4 is 55.5 Å². The molecular weight excluding hydrogens is 425 g/mol. The average Bonchev–Trinajstić information content (AvgIpc) is 2.60. The van der Waals surface area contributed by atoms with Crippen LogP contribution in [0.4, 0.5) is 17.1 Å². The number of nitro benzene ring substituents is 2. The number of nitrogens with zero attached hydrogens (tertiary/aromatic N) is 3. The van der Waals surface area contributed by atoms with Crippen LogP contribution in [0.3, 0.4) is 0 Å². The SMILES string of the molecule is O=C(Cl)CN(c1cc([N+](=O)[O-])ccc1Cl)S(=O)(=O)c1cccc([N+](=O)[O-])c1. The molecule has 2 rings (SSSR count). The Morgan fingerprint density at radius 1 is 1.04 bits per heavy atom. The first-order chi connectivity index (χ1) is 12.5. The molecule has 0 saturated heterocycles. The number of anilines is 1. The molecule has 13 heteroatoms. The minimum atomic E-state index is -4.55. The van der Waals surface area contributed by atoms with Gasteiger partial charge in [-0.1, -0.05) is 17.7 Å². The van der Waals surface area contributed by atoms with E-state index in [1.807, 2.05) is 0 Å². The molecule has 0 fully saturated rings. The summed E-state index contributed by atoms with van der Waals surface area (Å²) in [5.74, 6) is 0. The van der Waals surface area contributed by atoms with Gasteiger partial charge in [0.15, 0.2) is 0 Å². The Morgan fingerprint density at radius 2 is 1.63 bits per heavy atom. The maximum Gasteiger partial charge on any atom is 0.271 e. The standard InChI is InChI=1S/C14H9Cl2N3O7S/c15-12-5-4-10(19(23)24)7-13(12)17(8-14(16)20)27(25,26)11-3-1-2-9(6-11)18(21)22/h1-7H,8H2. The van der Waals surface area contributed by atoms with E-state index in [9.17, 15) is 33.4 Å². The number of carbonyl (C=O) groups is 1. The third-order valence-corrected chi connectivity index (χ3v) is 5.49. The molecule has 0 heterocycles. The molecular formula is C14H9Cl2N3O7S. The maximum atomic E-state index is 12.9. The lowest BCUT2D eigenvalue weighted by molar-refractivity contribution is -0.385. The molecule has 2 aromatic rings. The van der Waals surface area contributed by atoms with Crippen LogP contribution in [-0.4, -0.2) is 30.1 Å². The van der Waals surface area contributed by atoms with E-state index in [1.165, 1.54) is 0 Å². The van der Waals surface area contributed by atoms with Gasteiger partial charge in [0.25, 0.3) is 21.4 Å². The van der Waals surface area contributed by atoms with E-state index in [0.29, 0.717) is 4.31 Å². The molecule has 0 amide bonds. The first-order valence-corrected chi connectivity index (χ1v) is 9.13. The lowest BCUT2D eigenvalue weighted by Gasteiger charge is -2.23. The van der Waals surface area contributed by atoms with E-state index in [1.54, 1.807) is 0 Å². The lowest BCUT2D eigenvalue weighted by Crippen LogP contribution is -2.34. The predicted molar refractivity (Wildman–Crippen MR) is 96.6 cm³/mol. The van der Waals surface area contributed by atoms with E-state index < -0.39 is 47.9 Å². The Labute approximate surface area is 162 Å². The minimum absolute atomic E-state index is 0.201. The highest BCUT2D eigenvalue weighted by Crippen LogP contribution is 2.34. The second kappa shape index (κ2) is 7.86. The van der Waals surface area contributed by atoms with Crippen LogP contribution in [0.1, 0.15) is 0 Å². The summed E-state index contributed by atoms with van der Waals surface area (Å²) in [5, 5.41) is 20.6. The van der Waals surface area contributed by atoms with Crippen molar-refractivity contribution in [2.75, 3.05) is 10.8 Å². The number of halogens is 2. The van der Waals surface area contributed by atoms with Crippen molar-refractivity contribution in [2.45, 2.75) is 4.90 Å². The van der Waals surface area contributed by atoms with Gasteiger partial charge in [0.05, 0.1) is 25.5 Å². The molecule has 0 atom stereocenters. The molecule has 10 nitrogen and oxygen atoms in total. The smallest absolute Gasteiger partial charge is 0.271 e. The van der Waals surface area contributed by atoms with E-state index in [4.69, 9.17) is 23.2 Å². The van der Waals surface area contributed by atoms with Crippen LogP contribution < -0.4 is 4.31 Å². The number of nitro groups is 2. The molecule has 0 saturated carbocycles. The predicted octanol–water partition coefficient (Wildman–Crippen LogP) is 3.12. The summed E-state index contributed by atoms with van der Waals surface area (Å²) in [6.07, 6.45) is 0. The summed E-state index contributed by atoms with van der Waals surface area (Å²) in [7, 11) is -4.55. The fraction of sp³-hybridized carbons (Fsp3) is 0.0714. The monoisotopic (exact) mass is 433 g/mol. The van der Waals surface area contributed by atoms with Crippen LogP contribution in [0.2, 0.25) is 5.02 Å². The summed E-state index contributed by atoms with van der Waals surface area (Å²) in [6.45, 7) is -0.895. The molecule has 0 aromatic heterocycles. The number of hydrogen-bond acceptors (Lipinski definition) is 7. The van der Waals surface area contributed by atoms with Crippen LogP contribution in [0.5, 0.6) is 0 Å². The van der Waals surface area contributed by atoms with Crippen molar-refractivity contribution in [3.05, 3.63) is 67.7 Å². The Kier molecular flexibility index (Phi) is 5.98. The fourth-order valence-electron chi connectivity index (χ4n) is 2.10. The molecule has 142 valence electrons.